The molecule has 1 aliphatic rings. The summed E-state index contributed by atoms with van der Waals surface area (Å²) < 4.78 is 19.3. The molecule has 0 spiro atoms. The third kappa shape index (κ3) is 2.44. The average molecular weight is 284 g/mol. The average Bonchev–Trinajstić information content (AvgIpc) is 2.53. The molecule has 21 heavy (non-hydrogen) atoms. The van der Waals surface area contributed by atoms with Crippen LogP contribution in [0.25, 0.3) is 0 Å². The van der Waals surface area contributed by atoms with Gasteiger partial charge in [0.25, 0.3) is 0 Å². The highest BCUT2D eigenvalue weighted by Crippen LogP contribution is 2.36. The SMILES string of the molecule is COc1cccc(F)c1C(=O)C1CCCc2ccccc21. The standard InChI is InChI=1S/C18H17FO2/c1-21-16-11-5-10-15(19)17(16)18(20)14-9-4-7-12-6-2-3-8-13(12)14/h2-3,5-6,8,10-11,14H,4,7,9H2,1H3. The summed E-state index contributed by atoms with van der Waals surface area (Å²) in [5.41, 5.74) is 2.29. The van der Waals surface area contributed by atoms with Crippen molar-refractivity contribution < 1.29 is 13.9 Å². The first-order chi connectivity index (χ1) is 10.2. The Morgan fingerprint density at radius 1 is 1.19 bits per heavy atom. The van der Waals surface area contributed by atoms with Gasteiger partial charge in [0.1, 0.15) is 11.6 Å². The molecule has 3 heteroatoms. The van der Waals surface area contributed by atoms with E-state index in [1.807, 2.05) is 24.3 Å². The number of rotatable bonds is 3. The molecular weight excluding hydrogens is 267 g/mol. The molecule has 108 valence electrons. The Bertz CT molecular complexity index is 679. The molecule has 0 fully saturated rings. The topological polar surface area (TPSA) is 26.3 Å². The number of aryl methyl sites for hydroxylation is 1. The van der Waals surface area contributed by atoms with Crippen LogP contribution >= 0.6 is 0 Å². The fourth-order valence-corrected chi connectivity index (χ4v) is 3.11. The smallest absolute Gasteiger partial charge is 0.177 e. The van der Waals surface area contributed by atoms with Crippen LogP contribution in [0.1, 0.15) is 40.2 Å². The van der Waals surface area contributed by atoms with E-state index < -0.39 is 5.82 Å². The number of Topliss-reactive ketones (excluding diaryl/α,β-unsaturated/α-hetero) is 1. The van der Waals surface area contributed by atoms with Crippen molar-refractivity contribution in [2.45, 2.75) is 25.2 Å². The molecule has 0 amide bonds. The Balaban J connectivity index is 2.05. The largest absolute Gasteiger partial charge is 0.496 e. The molecule has 0 saturated carbocycles. The summed E-state index contributed by atoms with van der Waals surface area (Å²) in [5, 5.41) is 0. The van der Waals surface area contributed by atoms with Gasteiger partial charge in [-0.3, -0.25) is 4.79 Å². The summed E-state index contributed by atoms with van der Waals surface area (Å²) in [6.45, 7) is 0. The van der Waals surface area contributed by atoms with Gasteiger partial charge in [-0.15, -0.1) is 0 Å². The number of methoxy groups -OCH3 is 1. The van der Waals surface area contributed by atoms with Gasteiger partial charge in [-0.1, -0.05) is 30.3 Å². The highest BCUT2D eigenvalue weighted by atomic mass is 19.1. The Hall–Kier alpha value is -2.16. The van der Waals surface area contributed by atoms with Crippen LogP contribution in [-0.2, 0) is 6.42 Å². The molecule has 2 aromatic carbocycles. The van der Waals surface area contributed by atoms with Gasteiger partial charge in [-0.25, -0.2) is 4.39 Å². The lowest BCUT2D eigenvalue weighted by Crippen LogP contribution is -2.20. The number of hydrogen-bond acceptors (Lipinski definition) is 2. The molecule has 0 aromatic heterocycles. The van der Waals surface area contributed by atoms with E-state index in [1.54, 1.807) is 12.1 Å². The van der Waals surface area contributed by atoms with Crippen LogP contribution in [0.15, 0.2) is 42.5 Å². The molecule has 0 aliphatic heterocycles. The van der Waals surface area contributed by atoms with Crippen molar-refractivity contribution in [1.82, 2.24) is 0 Å². The molecule has 1 aliphatic carbocycles. The number of carbonyl (C=O) groups excluding carboxylic acids is 1. The number of ether oxygens (including phenoxy) is 1. The maximum absolute atomic E-state index is 14.1. The van der Waals surface area contributed by atoms with E-state index in [0.717, 1.165) is 24.8 Å². The summed E-state index contributed by atoms with van der Waals surface area (Å²) in [6.07, 6.45) is 2.69. The van der Waals surface area contributed by atoms with Gasteiger partial charge in [-0.05, 0) is 42.5 Å². The monoisotopic (exact) mass is 284 g/mol. The highest BCUT2D eigenvalue weighted by Gasteiger charge is 2.30. The third-order valence-corrected chi connectivity index (χ3v) is 4.13. The second-order valence-corrected chi connectivity index (χ2v) is 5.32. The summed E-state index contributed by atoms with van der Waals surface area (Å²) in [7, 11) is 1.46. The van der Waals surface area contributed by atoms with Crippen LogP contribution in [0.3, 0.4) is 0 Å². The predicted octanol–water partition coefficient (Wildman–Crippen LogP) is 4.14. The van der Waals surface area contributed by atoms with Crippen LogP contribution < -0.4 is 4.74 Å². The zero-order chi connectivity index (χ0) is 14.8. The second kappa shape index (κ2) is 5.68. The minimum atomic E-state index is -0.512. The number of ketones is 1. The van der Waals surface area contributed by atoms with Gasteiger partial charge in [-0.2, -0.15) is 0 Å². The van der Waals surface area contributed by atoms with Gasteiger partial charge in [0.15, 0.2) is 5.78 Å². The quantitative estimate of drug-likeness (QED) is 0.792. The van der Waals surface area contributed by atoms with Crippen LogP contribution in [0.5, 0.6) is 5.75 Å². The van der Waals surface area contributed by atoms with Gasteiger partial charge in [0.05, 0.1) is 12.7 Å². The maximum atomic E-state index is 14.1. The molecule has 0 heterocycles. The zero-order valence-corrected chi connectivity index (χ0v) is 11.9. The van der Waals surface area contributed by atoms with Crippen molar-refractivity contribution in [2.75, 3.05) is 7.11 Å². The van der Waals surface area contributed by atoms with E-state index in [-0.39, 0.29) is 17.3 Å². The van der Waals surface area contributed by atoms with Crippen molar-refractivity contribution in [2.24, 2.45) is 0 Å². The lowest BCUT2D eigenvalue weighted by atomic mass is 9.78. The normalized spacial score (nSPS) is 17.1. The van der Waals surface area contributed by atoms with Crippen molar-refractivity contribution in [3.8, 4) is 5.75 Å². The fraction of sp³-hybridized carbons (Fsp3) is 0.278. The van der Waals surface area contributed by atoms with E-state index in [9.17, 15) is 9.18 Å². The van der Waals surface area contributed by atoms with E-state index >= 15 is 0 Å². The lowest BCUT2D eigenvalue weighted by Gasteiger charge is -2.25. The Morgan fingerprint density at radius 2 is 2.00 bits per heavy atom. The number of fused-ring (bicyclic) bond motifs is 1. The van der Waals surface area contributed by atoms with Gasteiger partial charge < -0.3 is 4.74 Å². The van der Waals surface area contributed by atoms with E-state index in [1.165, 1.54) is 18.7 Å². The zero-order valence-electron chi connectivity index (χ0n) is 11.9. The van der Waals surface area contributed by atoms with Crippen molar-refractivity contribution in [3.05, 3.63) is 65.0 Å². The Labute approximate surface area is 123 Å². The first kappa shape index (κ1) is 13.8. The molecule has 1 atom stereocenters. The summed E-state index contributed by atoms with van der Waals surface area (Å²) in [4.78, 5) is 12.8. The lowest BCUT2D eigenvalue weighted by molar-refractivity contribution is 0.0943. The molecule has 0 saturated heterocycles. The number of halogens is 1. The van der Waals surface area contributed by atoms with Crippen molar-refractivity contribution >= 4 is 5.78 Å². The predicted molar refractivity (Wildman–Crippen MR) is 79.4 cm³/mol. The van der Waals surface area contributed by atoms with Crippen LogP contribution in [0.4, 0.5) is 4.39 Å². The van der Waals surface area contributed by atoms with Gasteiger partial charge in [0, 0.05) is 5.92 Å². The van der Waals surface area contributed by atoms with E-state index in [2.05, 4.69) is 0 Å². The molecule has 0 bridgehead atoms. The van der Waals surface area contributed by atoms with Crippen LogP contribution in [-0.4, -0.2) is 12.9 Å². The molecule has 0 N–H and O–H groups in total. The maximum Gasteiger partial charge on any atom is 0.177 e. The first-order valence-corrected chi connectivity index (χ1v) is 7.17. The number of carbonyl (C=O) groups is 1. The van der Waals surface area contributed by atoms with Crippen molar-refractivity contribution in [3.63, 3.8) is 0 Å². The summed E-state index contributed by atoms with van der Waals surface area (Å²) >= 11 is 0. The minimum absolute atomic E-state index is 0.0710. The molecular formula is C18H17FO2. The van der Waals surface area contributed by atoms with E-state index in [4.69, 9.17) is 4.74 Å². The molecule has 0 radical (unpaired) electrons. The first-order valence-electron chi connectivity index (χ1n) is 7.17. The highest BCUT2D eigenvalue weighted by molar-refractivity contribution is 6.03. The fourth-order valence-electron chi connectivity index (χ4n) is 3.11. The minimum Gasteiger partial charge on any atom is -0.496 e. The molecule has 1 unspecified atom stereocenters. The number of hydrogen-bond donors (Lipinski definition) is 0. The molecule has 3 rings (SSSR count). The summed E-state index contributed by atoms with van der Waals surface area (Å²) in [5.74, 6) is -0.664. The van der Waals surface area contributed by atoms with Gasteiger partial charge in [0.2, 0.25) is 0 Å². The second-order valence-electron chi connectivity index (χ2n) is 5.32. The van der Waals surface area contributed by atoms with Crippen LogP contribution in [0, 0.1) is 5.82 Å². The third-order valence-electron chi connectivity index (χ3n) is 4.13. The Morgan fingerprint density at radius 3 is 2.81 bits per heavy atom. The number of benzene rings is 2. The van der Waals surface area contributed by atoms with Crippen molar-refractivity contribution in [1.29, 1.82) is 0 Å². The molecule has 2 nitrogen and oxygen atoms in total. The van der Waals surface area contributed by atoms with Crippen LogP contribution in [0.2, 0.25) is 0 Å². The summed E-state index contributed by atoms with van der Waals surface area (Å²) in [6, 6.07) is 12.4. The molecule has 2 aromatic rings. The van der Waals surface area contributed by atoms with Gasteiger partial charge >= 0.3 is 0 Å². The Kier molecular flexibility index (Phi) is 3.74. The van der Waals surface area contributed by atoms with E-state index in [0.29, 0.717) is 5.75 Å².